The van der Waals surface area contributed by atoms with E-state index in [2.05, 4.69) is 20.8 Å². The Balaban J connectivity index is 1.51. The maximum atomic E-state index is 12.9. The lowest BCUT2D eigenvalue weighted by atomic mass is 9.85. The minimum Gasteiger partial charge on any atom is -0.339 e. The maximum Gasteiger partial charge on any atom is 0.262 e. The number of anilines is 1. The Labute approximate surface area is 167 Å². The standard InChI is InChI=1S/C20H23N5O2S/c1-12(2)17(22-19(26)15-7-4-10-28-15)20(27)21-14-8-9-16-23-24-18(25(16)11-14)13-5-3-6-13/h4,7-13,17H,3,5-6H2,1-2H3,(H,21,27)(H,22,26). The normalized spacial score (nSPS) is 15.4. The highest BCUT2D eigenvalue weighted by Gasteiger charge is 2.26. The zero-order valence-corrected chi connectivity index (χ0v) is 16.7. The van der Waals surface area contributed by atoms with Gasteiger partial charge in [-0.25, -0.2) is 0 Å². The number of amides is 2. The number of hydrogen-bond donors (Lipinski definition) is 2. The van der Waals surface area contributed by atoms with Gasteiger partial charge in [0.15, 0.2) is 5.65 Å². The first kappa shape index (κ1) is 18.6. The molecule has 0 saturated heterocycles. The molecular weight excluding hydrogens is 374 g/mol. The fourth-order valence-electron chi connectivity index (χ4n) is 3.30. The van der Waals surface area contributed by atoms with Crippen LogP contribution in [0.1, 0.15) is 54.5 Å². The van der Waals surface area contributed by atoms with Crippen LogP contribution >= 0.6 is 11.3 Å². The third-order valence-electron chi connectivity index (χ3n) is 5.15. The molecule has 1 atom stereocenters. The average molecular weight is 398 g/mol. The first-order valence-corrected chi connectivity index (χ1v) is 10.4. The van der Waals surface area contributed by atoms with Gasteiger partial charge in [0.25, 0.3) is 5.91 Å². The minimum absolute atomic E-state index is 0.0481. The molecule has 0 radical (unpaired) electrons. The molecule has 3 aromatic heterocycles. The van der Waals surface area contributed by atoms with Gasteiger partial charge in [-0.2, -0.15) is 0 Å². The van der Waals surface area contributed by atoms with E-state index >= 15 is 0 Å². The Morgan fingerprint density at radius 3 is 2.68 bits per heavy atom. The number of aromatic nitrogens is 3. The van der Waals surface area contributed by atoms with Crippen molar-refractivity contribution in [1.82, 2.24) is 19.9 Å². The van der Waals surface area contributed by atoms with E-state index in [-0.39, 0.29) is 17.7 Å². The van der Waals surface area contributed by atoms with E-state index in [1.807, 2.05) is 48.0 Å². The average Bonchev–Trinajstić information content (AvgIpc) is 3.28. The van der Waals surface area contributed by atoms with E-state index in [0.29, 0.717) is 16.5 Å². The third kappa shape index (κ3) is 3.64. The van der Waals surface area contributed by atoms with Crippen molar-refractivity contribution in [2.45, 2.75) is 45.1 Å². The van der Waals surface area contributed by atoms with Crippen molar-refractivity contribution in [3.8, 4) is 0 Å². The van der Waals surface area contributed by atoms with E-state index in [9.17, 15) is 9.59 Å². The second kappa shape index (κ2) is 7.71. The summed E-state index contributed by atoms with van der Waals surface area (Å²) in [7, 11) is 0. The Morgan fingerprint density at radius 2 is 2.04 bits per heavy atom. The van der Waals surface area contributed by atoms with E-state index < -0.39 is 6.04 Å². The number of hydrogen-bond acceptors (Lipinski definition) is 5. The number of fused-ring (bicyclic) bond motifs is 1. The van der Waals surface area contributed by atoms with E-state index in [4.69, 9.17) is 0 Å². The quantitative estimate of drug-likeness (QED) is 0.667. The van der Waals surface area contributed by atoms with Crippen molar-refractivity contribution in [3.63, 3.8) is 0 Å². The van der Waals surface area contributed by atoms with Gasteiger partial charge >= 0.3 is 0 Å². The van der Waals surface area contributed by atoms with Crippen LogP contribution < -0.4 is 10.6 Å². The summed E-state index contributed by atoms with van der Waals surface area (Å²) in [5, 5.41) is 16.1. The topological polar surface area (TPSA) is 88.4 Å². The van der Waals surface area contributed by atoms with Gasteiger partial charge in [0, 0.05) is 12.1 Å². The van der Waals surface area contributed by atoms with Crippen LogP contribution in [0.15, 0.2) is 35.8 Å². The number of thiophene rings is 1. The monoisotopic (exact) mass is 397 g/mol. The number of rotatable bonds is 6. The van der Waals surface area contributed by atoms with Gasteiger partial charge in [0.05, 0.1) is 10.6 Å². The zero-order chi connectivity index (χ0) is 19.7. The number of carbonyl (C=O) groups excluding carboxylic acids is 2. The number of pyridine rings is 1. The van der Waals surface area contributed by atoms with Crippen LogP contribution in [0, 0.1) is 5.92 Å². The molecule has 3 heterocycles. The predicted molar refractivity (Wildman–Crippen MR) is 109 cm³/mol. The Kier molecular flexibility index (Phi) is 5.13. The van der Waals surface area contributed by atoms with E-state index in [1.54, 1.807) is 6.07 Å². The lowest BCUT2D eigenvalue weighted by Crippen LogP contribution is -2.47. The Hall–Kier alpha value is -2.74. The van der Waals surface area contributed by atoms with Gasteiger partial charge < -0.3 is 10.6 Å². The fourth-order valence-corrected chi connectivity index (χ4v) is 3.93. The molecule has 3 aromatic rings. The summed E-state index contributed by atoms with van der Waals surface area (Å²) in [4.78, 5) is 25.8. The van der Waals surface area contributed by atoms with Crippen LogP contribution in [0.2, 0.25) is 0 Å². The summed E-state index contributed by atoms with van der Waals surface area (Å²) in [6.07, 6.45) is 5.33. The fraction of sp³-hybridized carbons (Fsp3) is 0.400. The highest BCUT2D eigenvalue weighted by molar-refractivity contribution is 7.12. The van der Waals surface area contributed by atoms with Gasteiger partial charge in [0.2, 0.25) is 5.91 Å². The molecule has 2 amide bonds. The first-order valence-electron chi connectivity index (χ1n) is 9.53. The highest BCUT2D eigenvalue weighted by atomic mass is 32.1. The van der Waals surface area contributed by atoms with Crippen molar-refractivity contribution in [2.24, 2.45) is 5.92 Å². The van der Waals surface area contributed by atoms with Crippen LogP contribution in [0.3, 0.4) is 0 Å². The summed E-state index contributed by atoms with van der Waals surface area (Å²) in [6.45, 7) is 3.83. The molecule has 7 nitrogen and oxygen atoms in total. The number of nitrogens with zero attached hydrogens (tertiary/aromatic N) is 3. The molecule has 0 aromatic carbocycles. The molecule has 1 fully saturated rings. The number of nitrogens with one attached hydrogen (secondary N) is 2. The van der Waals surface area contributed by atoms with Gasteiger partial charge in [-0.1, -0.05) is 26.3 Å². The first-order chi connectivity index (χ1) is 13.5. The maximum absolute atomic E-state index is 12.9. The third-order valence-corrected chi connectivity index (χ3v) is 6.02. The SMILES string of the molecule is CC(C)C(NC(=O)c1cccs1)C(=O)Nc1ccc2nnc(C3CCC3)n2c1. The summed E-state index contributed by atoms with van der Waals surface area (Å²) in [6, 6.07) is 6.59. The van der Waals surface area contributed by atoms with E-state index in [1.165, 1.54) is 17.8 Å². The van der Waals surface area contributed by atoms with Crippen molar-refractivity contribution >= 4 is 34.5 Å². The van der Waals surface area contributed by atoms with Gasteiger partial charge in [-0.15, -0.1) is 21.5 Å². The van der Waals surface area contributed by atoms with Crippen molar-refractivity contribution in [1.29, 1.82) is 0 Å². The second-order valence-corrected chi connectivity index (χ2v) is 8.44. The second-order valence-electron chi connectivity index (χ2n) is 7.49. The van der Waals surface area contributed by atoms with Gasteiger partial charge in [-0.3, -0.25) is 14.0 Å². The number of carbonyl (C=O) groups is 2. The van der Waals surface area contributed by atoms with Crippen LogP contribution in [-0.4, -0.2) is 32.5 Å². The lowest BCUT2D eigenvalue weighted by Gasteiger charge is -2.23. The van der Waals surface area contributed by atoms with Crippen LogP contribution in [-0.2, 0) is 4.79 Å². The molecule has 1 aliphatic carbocycles. The molecule has 0 aliphatic heterocycles. The van der Waals surface area contributed by atoms with Crippen molar-refractivity contribution < 1.29 is 9.59 Å². The summed E-state index contributed by atoms with van der Waals surface area (Å²) in [5.74, 6) is 0.870. The molecule has 2 N–H and O–H groups in total. The van der Waals surface area contributed by atoms with E-state index in [0.717, 1.165) is 24.3 Å². The molecule has 0 spiro atoms. The molecule has 4 rings (SSSR count). The van der Waals surface area contributed by atoms with Crippen LogP contribution in [0.4, 0.5) is 5.69 Å². The van der Waals surface area contributed by atoms with Crippen LogP contribution in [0.25, 0.3) is 5.65 Å². The zero-order valence-electron chi connectivity index (χ0n) is 15.9. The molecule has 1 unspecified atom stereocenters. The Bertz CT molecular complexity index is 991. The summed E-state index contributed by atoms with van der Waals surface area (Å²) < 4.78 is 1.95. The van der Waals surface area contributed by atoms with Crippen LogP contribution in [0.5, 0.6) is 0 Å². The van der Waals surface area contributed by atoms with Crippen molar-refractivity contribution in [3.05, 3.63) is 46.5 Å². The molecule has 146 valence electrons. The molecule has 8 heteroatoms. The Morgan fingerprint density at radius 1 is 1.21 bits per heavy atom. The smallest absolute Gasteiger partial charge is 0.262 e. The highest BCUT2D eigenvalue weighted by Crippen LogP contribution is 2.35. The largest absolute Gasteiger partial charge is 0.339 e. The minimum atomic E-state index is -0.627. The molecule has 28 heavy (non-hydrogen) atoms. The summed E-state index contributed by atoms with van der Waals surface area (Å²) >= 11 is 1.35. The predicted octanol–water partition coefficient (Wildman–Crippen LogP) is 3.45. The molecule has 1 aliphatic rings. The van der Waals surface area contributed by atoms with Crippen molar-refractivity contribution in [2.75, 3.05) is 5.32 Å². The van der Waals surface area contributed by atoms with Gasteiger partial charge in [0.1, 0.15) is 11.9 Å². The summed E-state index contributed by atoms with van der Waals surface area (Å²) in [5.41, 5.74) is 1.43. The molecular formula is C20H23N5O2S. The lowest BCUT2D eigenvalue weighted by molar-refractivity contribution is -0.118. The van der Waals surface area contributed by atoms with Gasteiger partial charge in [-0.05, 0) is 42.3 Å². The molecule has 0 bridgehead atoms. The molecule has 1 saturated carbocycles.